The molecular formula is C13H22N4O3S. The Bertz CT molecular complexity index is 464. The number of thioether (sulfide) groups is 1. The maximum absolute atomic E-state index is 11.9. The van der Waals surface area contributed by atoms with Gasteiger partial charge in [0.25, 0.3) is 0 Å². The van der Waals surface area contributed by atoms with Crippen LogP contribution in [0.15, 0.2) is 10.6 Å². The molecule has 0 aromatic carbocycles. The Labute approximate surface area is 128 Å². The standard InChI is InChI=1S/C13H22N4O3S/c1-9-7-11(17-20-9)16-13(19)10(2)21-8-12(18)15-6-4-5-14-3/h7,10,14H,4-6,8H2,1-3H3,(H,15,18)(H,16,17,19). The van der Waals surface area contributed by atoms with Gasteiger partial charge < -0.3 is 20.5 Å². The van der Waals surface area contributed by atoms with Crippen molar-refractivity contribution < 1.29 is 14.1 Å². The van der Waals surface area contributed by atoms with Crippen LogP contribution in [0.5, 0.6) is 0 Å². The predicted octanol–water partition coefficient (Wildman–Crippen LogP) is 0.769. The molecule has 0 spiro atoms. The van der Waals surface area contributed by atoms with Crippen LogP contribution in [0, 0.1) is 6.92 Å². The molecule has 0 bridgehead atoms. The fraction of sp³-hybridized carbons (Fsp3) is 0.615. The van der Waals surface area contributed by atoms with Crippen LogP contribution < -0.4 is 16.0 Å². The molecule has 0 radical (unpaired) electrons. The van der Waals surface area contributed by atoms with E-state index in [0.717, 1.165) is 13.0 Å². The van der Waals surface area contributed by atoms with E-state index >= 15 is 0 Å². The van der Waals surface area contributed by atoms with E-state index in [4.69, 9.17) is 4.52 Å². The largest absolute Gasteiger partial charge is 0.360 e. The number of rotatable bonds is 9. The first-order chi connectivity index (χ1) is 10.0. The second-order valence-corrected chi connectivity index (χ2v) is 5.90. The average Bonchev–Trinajstić information content (AvgIpc) is 2.86. The van der Waals surface area contributed by atoms with Crippen molar-refractivity contribution in [3.8, 4) is 0 Å². The highest BCUT2D eigenvalue weighted by atomic mass is 32.2. The van der Waals surface area contributed by atoms with Gasteiger partial charge in [-0.3, -0.25) is 9.59 Å². The monoisotopic (exact) mass is 314 g/mol. The number of nitrogens with one attached hydrogen (secondary N) is 3. The second-order valence-electron chi connectivity index (χ2n) is 4.57. The summed E-state index contributed by atoms with van der Waals surface area (Å²) in [5.74, 6) is 1.02. The highest BCUT2D eigenvalue weighted by Crippen LogP contribution is 2.13. The van der Waals surface area contributed by atoms with Gasteiger partial charge in [-0.1, -0.05) is 5.16 Å². The Balaban J connectivity index is 2.21. The van der Waals surface area contributed by atoms with E-state index in [2.05, 4.69) is 21.1 Å². The number of hydrogen-bond acceptors (Lipinski definition) is 6. The number of anilines is 1. The molecule has 8 heteroatoms. The van der Waals surface area contributed by atoms with Crippen LogP contribution in [0.2, 0.25) is 0 Å². The molecule has 1 aromatic rings. The van der Waals surface area contributed by atoms with Crippen LogP contribution in [0.25, 0.3) is 0 Å². The molecular weight excluding hydrogens is 292 g/mol. The zero-order valence-electron chi connectivity index (χ0n) is 12.6. The topological polar surface area (TPSA) is 96.3 Å². The van der Waals surface area contributed by atoms with Gasteiger partial charge in [-0.15, -0.1) is 11.8 Å². The van der Waals surface area contributed by atoms with Crippen molar-refractivity contribution in [2.75, 3.05) is 31.2 Å². The minimum atomic E-state index is -0.343. The summed E-state index contributed by atoms with van der Waals surface area (Å²) in [6, 6.07) is 1.64. The summed E-state index contributed by atoms with van der Waals surface area (Å²) < 4.78 is 4.87. The van der Waals surface area contributed by atoms with E-state index in [1.807, 2.05) is 7.05 Å². The van der Waals surface area contributed by atoms with Gasteiger partial charge >= 0.3 is 0 Å². The van der Waals surface area contributed by atoms with Gasteiger partial charge in [0.2, 0.25) is 11.8 Å². The van der Waals surface area contributed by atoms with Crippen LogP contribution in [-0.4, -0.2) is 48.1 Å². The molecule has 1 aromatic heterocycles. The molecule has 1 heterocycles. The van der Waals surface area contributed by atoms with Crippen molar-refractivity contribution in [1.29, 1.82) is 0 Å². The highest BCUT2D eigenvalue weighted by molar-refractivity contribution is 8.01. The summed E-state index contributed by atoms with van der Waals surface area (Å²) in [5, 5.41) is 11.8. The minimum Gasteiger partial charge on any atom is -0.360 e. The Kier molecular flexibility index (Phi) is 7.84. The van der Waals surface area contributed by atoms with Crippen molar-refractivity contribution in [1.82, 2.24) is 15.8 Å². The first kappa shape index (κ1) is 17.5. The van der Waals surface area contributed by atoms with E-state index in [9.17, 15) is 9.59 Å². The van der Waals surface area contributed by atoms with E-state index in [-0.39, 0.29) is 22.8 Å². The van der Waals surface area contributed by atoms with Crippen molar-refractivity contribution >= 4 is 29.4 Å². The number of aryl methyl sites for hydroxylation is 1. The van der Waals surface area contributed by atoms with Gasteiger partial charge in [-0.25, -0.2) is 0 Å². The number of nitrogens with zero attached hydrogens (tertiary/aromatic N) is 1. The molecule has 1 unspecified atom stereocenters. The quantitative estimate of drug-likeness (QED) is 0.583. The van der Waals surface area contributed by atoms with Crippen molar-refractivity contribution in [2.45, 2.75) is 25.5 Å². The van der Waals surface area contributed by atoms with Gasteiger partial charge in [0.05, 0.1) is 11.0 Å². The molecule has 1 atom stereocenters. The Morgan fingerprint density at radius 2 is 2.19 bits per heavy atom. The van der Waals surface area contributed by atoms with Crippen molar-refractivity contribution in [3.63, 3.8) is 0 Å². The fourth-order valence-electron chi connectivity index (χ4n) is 1.47. The summed E-state index contributed by atoms with van der Waals surface area (Å²) in [6.07, 6.45) is 0.883. The van der Waals surface area contributed by atoms with Gasteiger partial charge in [-0.05, 0) is 33.9 Å². The molecule has 2 amide bonds. The third-order valence-electron chi connectivity index (χ3n) is 2.64. The molecule has 0 saturated carbocycles. The number of carbonyl (C=O) groups excluding carboxylic acids is 2. The zero-order valence-corrected chi connectivity index (χ0v) is 13.4. The van der Waals surface area contributed by atoms with Crippen LogP contribution in [0.3, 0.4) is 0 Å². The summed E-state index contributed by atoms with van der Waals surface area (Å²) in [4.78, 5) is 23.5. The summed E-state index contributed by atoms with van der Waals surface area (Å²) >= 11 is 1.28. The molecule has 0 aliphatic rings. The van der Waals surface area contributed by atoms with E-state index in [0.29, 0.717) is 18.1 Å². The lowest BCUT2D eigenvalue weighted by Crippen LogP contribution is -2.30. The third kappa shape index (κ3) is 7.14. The van der Waals surface area contributed by atoms with E-state index < -0.39 is 0 Å². The minimum absolute atomic E-state index is 0.0620. The number of aromatic nitrogens is 1. The van der Waals surface area contributed by atoms with Gasteiger partial charge in [0.15, 0.2) is 5.82 Å². The second kappa shape index (κ2) is 9.41. The Hall–Kier alpha value is -1.54. The molecule has 118 valence electrons. The van der Waals surface area contributed by atoms with Gasteiger partial charge in [0, 0.05) is 12.6 Å². The zero-order chi connectivity index (χ0) is 15.7. The van der Waals surface area contributed by atoms with E-state index in [1.54, 1.807) is 19.9 Å². The Morgan fingerprint density at radius 3 is 2.81 bits per heavy atom. The predicted molar refractivity (Wildman–Crippen MR) is 83.3 cm³/mol. The molecule has 7 nitrogen and oxygen atoms in total. The van der Waals surface area contributed by atoms with Crippen molar-refractivity contribution in [2.24, 2.45) is 0 Å². The smallest absolute Gasteiger partial charge is 0.238 e. The molecule has 0 saturated heterocycles. The summed E-state index contributed by atoms with van der Waals surface area (Å²) in [5.41, 5.74) is 0. The van der Waals surface area contributed by atoms with E-state index in [1.165, 1.54) is 11.8 Å². The normalized spacial score (nSPS) is 12.0. The molecule has 1 rings (SSSR count). The van der Waals surface area contributed by atoms with Crippen LogP contribution in [0.1, 0.15) is 19.1 Å². The van der Waals surface area contributed by atoms with Crippen molar-refractivity contribution in [3.05, 3.63) is 11.8 Å². The molecule has 3 N–H and O–H groups in total. The maximum atomic E-state index is 11.9. The van der Waals surface area contributed by atoms with Crippen LogP contribution in [-0.2, 0) is 9.59 Å². The third-order valence-corrected chi connectivity index (χ3v) is 3.78. The molecule has 21 heavy (non-hydrogen) atoms. The van der Waals surface area contributed by atoms with Crippen LogP contribution >= 0.6 is 11.8 Å². The lowest BCUT2D eigenvalue weighted by molar-refractivity contribution is -0.118. The number of amides is 2. The maximum Gasteiger partial charge on any atom is 0.238 e. The Morgan fingerprint density at radius 1 is 1.43 bits per heavy atom. The molecule has 0 aliphatic heterocycles. The SMILES string of the molecule is CNCCCNC(=O)CSC(C)C(=O)Nc1cc(C)on1. The number of carbonyl (C=O) groups is 2. The first-order valence-electron chi connectivity index (χ1n) is 6.80. The molecule has 0 aliphatic carbocycles. The summed E-state index contributed by atoms with van der Waals surface area (Å²) in [6.45, 7) is 5.00. The van der Waals surface area contributed by atoms with Gasteiger partial charge in [0.1, 0.15) is 5.76 Å². The average molecular weight is 314 g/mol. The lowest BCUT2D eigenvalue weighted by Gasteiger charge is -2.10. The van der Waals surface area contributed by atoms with Gasteiger partial charge in [-0.2, -0.15) is 0 Å². The number of hydrogen-bond donors (Lipinski definition) is 3. The summed E-state index contributed by atoms with van der Waals surface area (Å²) in [7, 11) is 1.87. The van der Waals surface area contributed by atoms with Crippen LogP contribution in [0.4, 0.5) is 5.82 Å². The molecule has 0 fully saturated rings. The highest BCUT2D eigenvalue weighted by Gasteiger charge is 2.16. The lowest BCUT2D eigenvalue weighted by atomic mass is 10.4. The fourth-order valence-corrected chi connectivity index (χ4v) is 2.19. The first-order valence-corrected chi connectivity index (χ1v) is 7.85.